The summed E-state index contributed by atoms with van der Waals surface area (Å²) >= 11 is 0. The molecule has 1 unspecified atom stereocenters. The van der Waals surface area contributed by atoms with Gasteiger partial charge in [-0.25, -0.2) is 8.42 Å². The summed E-state index contributed by atoms with van der Waals surface area (Å²) in [6.45, 7) is 6.10. The zero-order valence-corrected chi connectivity index (χ0v) is 18.2. The predicted octanol–water partition coefficient (Wildman–Crippen LogP) is 4.99. The zero-order chi connectivity index (χ0) is 21.7. The second-order valence-electron chi connectivity index (χ2n) is 7.29. The van der Waals surface area contributed by atoms with Gasteiger partial charge in [-0.15, -0.1) is 0 Å². The van der Waals surface area contributed by atoms with Crippen molar-refractivity contribution in [3.05, 3.63) is 95.1 Å². The molecule has 0 radical (unpaired) electrons. The molecule has 0 aliphatic carbocycles. The normalized spacial score (nSPS) is 12.2. The highest BCUT2D eigenvalue weighted by molar-refractivity contribution is 7.92. The lowest BCUT2D eigenvalue weighted by Crippen LogP contribution is -2.28. The van der Waals surface area contributed by atoms with Gasteiger partial charge in [0.05, 0.1) is 10.9 Å². The lowest BCUT2D eigenvalue weighted by atomic mass is 9.97. The monoisotopic (exact) mass is 422 g/mol. The molecule has 0 spiro atoms. The molecular formula is C24H26N2O3S. The minimum absolute atomic E-state index is 0.122. The highest BCUT2D eigenvalue weighted by atomic mass is 32.2. The summed E-state index contributed by atoms with van der Waals surface area (Å²) in [6.07, 6.45) is 0.746. The molecule has 30 heavy (non-hydrogen) atoms. The Morgan fingerprint density at radius 1 is 0.933 bits per heavy atom. The van der Waals surface area contributed by atoms with Crippen LogP contribution in [-0.2, 0) is 10.0 Å². The Hall–Kier alpha value is -3.12. The molecule has 2 N–H and O–H groups in total. The molecule has 3 rings (SSSR count). The van der Waals surface area contributed by atoms with Crippen LogP contribution in [0.1, 0.15) is 46.4 Å². The van der Waals surface area contributed by atoms with Gasteiger partial charge in [0.25, 0.3) is 15.9 Å². The van der Waals surface area contributed by atoms with Crippen LogP contribution in [0.2, 0.25) is 0 Å². The Bertz CT molecular complexity index is 1140. The fourth-order valence-electron chi connectivity index (χ4n) is 3.40. The number of anilines is 1. The van der Waals surface area contributed by atoms with E-state index in [9.17, 15) is 13.2 Å². The van der Waals surface area contributed by atoms with Gasteiger partial charge in [0.15, 0.2) is 0 Å². The van der Waals surface area contributed by atoms with Crippen LogP contribution in [-0.4, -0.2) is 14.3 Å². The highest BCUT2D eigenvalue weighted by Gasteiger charge is 2.18. The first-order valence-corrected chi connectivity index (χ1v) is 11.3. The lowest BCUT2D eigenvalue weighted by molar-refractivity contribution is 0.0935. The quantitative estimate of drug-likeness (QED) is 0.563. The molecule has 0 saturated carbocycles. The van der Waals surface area contributed by atoms with Crippen molar-refractivity contribution in [2.75, 3.05) is 4.72 Å². The van der Waals surface area contributed by atoms with Crippen LogP contribution in [0.15, 0.2) is 77.7 Å². The van der Waals surface area contributed by atoms with E-state index in [1.54, 1.807) is 42.5 Å². The van der Waals surface area contributed by atoms with Crippen molar-refractivity contribution >= 4 is 21.6 Å². The first-order valence-electron chi connectivity index (χ1n) is 9.86. The second kappa shape index (κ2) is 9.13. The van der Waals surface area contributed by atoms with Crippen LogP contribution in [0.4, 0.5) is 5.69 Å². The van der Waals surface area contributed by atoms with Gasteiger partial charge in [-0.2, -0.15) is 0 Å². The molecule has 6 heteroatoms. The topological polar surface area (TPSA) is 75.3 Å². The Kier molecular flexibility index (Phi) is 6.57. The van der Waals surface area contributed by atoms with E-state index in [0.29, 0.717) is 11.3 Å². The summed E-state index contributed by atoms with van der Waals surface area (Å²) in [5, 5.41) is 3.07. The first-order chi connectivity index (χ1) is 14.3. The average molecular weight is 423 g/mol. The van der Waals surface area contributed by atoms with Crippen molar-refractivity contribution < 1.29 is 13.2 Å². The number of sulfonamides is 1. The maximum atomic E-state index is 12.9. The average Bonchev–Trinajstić information content (AvgIpc) is 2.73. The molecular weight excluding hydrogens is 396 g/mol. The van der Waals surface area contributed by atoms with Crippen LogP contribution in [0.5, 0.6) is 0 Å². The fraction of sp³-hybridized carbons (Fsp3) is 0.208. The molecule has 1 amide bonds. The van der Waals surface area contributed by atoms with Gasteiger partial charge in [0, 0.05) is 11.3 Å². The first kappa shape index (κ1) is 21.6. The summed E-state index contributed by atoms with van der Waals surface area (Å²) < 4.78 is 27.6. The van der Waals surface area contributed by atoms with Crippen LogP contribution in [0, 0.1) is 13.8 Å². The van der Waals surface area contributed by atoms with Gasteiger partial charge in [-0.1, -0.05) is 55.0 Å². The standard InChI is InChI=1S/C24H26N2O3S/c1-4-23(22-14-13-17(2)15-18(22)3)25-24(27)19-9-8-10-20(16-19)26-30(28,29)21-11-6-5-7-12-21/h5-16,23,26H,4H2,1-3H3,(H,25,27). The number of amides is 1. The second-order valence-corrected chi connectivity index (χ2v) is 8.98. The van der Waals surface area contributed by atoms with Crippen molar-refractivity contribution in [2.24, 2.45) is 0 Å². The number of benzene rings is 3. The molecule has 0 aromatic heterocycles. The van der Waals surface area contributed by atoms with Gasteiger partial charge >= 0.3 is 0 Å². The van der Waals surface area contributed by atoms with E-state index in [1.807, 2.05) is 32.9 Å². The maximum absolute atomic E-state index is 12.9. The van der Waals surface area contributed by atoms with Gasteiger partial charge < -0.3 is 5.32 Å². The Balaban J connectivity index is 1.78. The Morgan fingerprint density at radius 2 is 1.67 bits per heavy atom. The number of rotatable bonds is 7. The summed E-state index contributed by atoms with van der Waals surface area (Å²) in [5.41, 5.74) is 4.12. The summed E-state index contributed by atoms with van der Waals surface area (Å²) in [4.78, 5) is 13.0. The molecule has 0 aliphatic heterocycles. The van der Waals surface area contributed by atoms with Crippen LogP contribution < -0.4 is 10.0 Å². The molecule has 0 aliphatic rings. The number of hydrogen-bond donors (Lipinski definition) is 2. The van der Waals surface area contributed by atoms with E-state index >= 15 is 0 Å². The van der Waals surface area contributed by atoms with Gasteiger partial charge in [0.2, 0.25) is 0 Å². The third-order valence-electron chi connectivity index (χ3n) is 4.94. The largest absolute Gasteiger partial charge is 0.345 e. The molecule has 0 heterocycles. The van der Waals surface area contributed by atoms with Crippen molar-refractivity contribution in [3.8, 4) is 0 Å². The summed E-state index contributed by atoms with van der Waals surface area (Å²) in [6, 6.07) is 20.7. The minimum Gasteiger partial charge on any atom is -0.345 e. The fourth-order valence-corrected chi connectivity index (χ4v) is 4.47. The minimum atomic E-state index is -3.72. The van der Waals surface area contributed by atoms with Crippen LogP contribution >= 0.6 is 0 Å². The highest BCUT2D eigenvalue weighted by Crippen LogP contribution is 2.23. The molecule has 0 saturated heterocycles. The lowest BCUT2D eigenvalue weighted by Gasteiger charge is -2.20. The molecule has 1 atom stereocenters. The smallest absolute Gasteiger partial charge is 0.261 e. The Labute approximate surface area is 178 Å². The number of carbonyl (C=O) groups excluding carboxylic acids is 1. The third kappa shape index (κ3) is 5.07. The van der Waals surface area contributed by atoms with Gasteiger partial charge in [-0.05, 0) is 61.7 Å². The van der Waals surface area contributed by atoms with Crippen molar-refractivity contribution in [1.29, 1.82) is 0 Å². The molecule has 156 valence electrons. The maximum Gasteiger partial charge on any atom is 0.261 e. The van der Waals surface area contributed by atoms with E-state index < -0.39 is 10.0 Å². The number of carbonyl (C=O) groups is 1. The van der Waals surface area contributed by atoms with E-state index in [-0.39, 0.29) is 16.8 Å². The SMILES string of the molecule is CCC(NC(=O)c1cccc(NS(=O)(=O)c2ccccc2)c1)c1ccc(C)cc1C. The molecule has 0 bridgehead atoms. The Morgan fingerprint density at radius 3 is 2.33 bits per heavy atom. The summed E-state index contributed by atoms with van der Waals surface area (Å²) in [7, 11) is -3.72. The molecule has 3 aromatic rings. The van der Waals surface area contributed by atoms with E-state index in [0.717, 1.165) is 17.5 Å². The van der Waals surface area contributed by atoms with Gasteiger partial charge in [0.1, 0.15) is 0 Å². The summed E-state index contributed by atoms with van der Waals surface area (Å²) in [5.74, 6) is -0.248. The predicted molar refractivity (Wildman–Crippen MR) is 120 cm³/mol. The number of nitrogens with one attached hydrogen (secondary N) is 2. The molecule has 0 fully saturated rings. The third-order valence-corrected chi connectivity index (χ3v) is 6.34. The van der Waals surface area contributed by atoms with Gasteiger partial charge in [-0.3, -0.25) is 9.52 Å². The number of hydrogen-bond acceptors (Lipinski definition) is 3. The van der Waals surface area contributed by atoms with Crippen LogP contribution in [0.25, 0.3) is 0 Å². The van der Waals surface area contributed by atoms with E-state index in [2.05, 4.69) is 16.1 Å². The van der Waals surface area contributed by atoms with Crippen LogP contribution in [0.3, 0.4) is 0 Å². The van der Waals surface area contributed by atoms with E-state index in [1.165, 1.54) is 17.7 Å². The van der Waals surface area contributed by atoms with Crippen molar-refractivity contribution in [2.45, 2.75) is 38.1 Å². The van der Waals surface area contributed by atoms with E-state index in [4.69, 9.17) is 0 Å². The zero-order valence-electron chi connectivity index (χ0n) is 17.3. The number of aryl methyl sites for hydroxylation is 2. The van der Waals surface area contributed by atoms with Crippen molar-refractivity contribution in [3.63, 3.8) is 0 Å². The van der Waals surface area contributed by atoms with Crippen molar-refractivity contribution in [1.82, 2.24) is 5.32 Å². The molecule has 5 nitrogen and oxygen atoms in total. The molecule has 3 aromatic carbocycles.